The minimum atomic E-state index is -0.254. The highest BCUT2D eigenvalue weighted by molar-refractivity contribution is 5.79. The number of primary amides is 1. The molecule has 3 rings (SSSR count). The monoisotopic (exact) mass is 326 g/mol. The Balaban J connectivity index is 1.50. The summed E-state index contributed by atoms with van der Waals surface area (Å²) in [6.45, 7) is 1.24. The highest BCUT2D eigenvalue weighted by Gasteiger charge is 2.25. The summed E-state index contributed by atoms with van der Waals surface area (Å²) in [6.07, 6.45) is 6.24. The molecule has 2 amide bonds. The lowest BCUT2D eigenvalue weighted by Crippen LogP contribution is -2.41. The predicted octanol–water partition coefficient (Wildman–Crippen LogP) is 1.53. The van der Waals surface area contributed by atoms with E-state index in [0.29, 0.717) is 38.8 Å². The van der Waals surface area contributed by atoms with Crippen molar-refractivity contribution in [1.29, 1.82) is 0 Å². The average Bonchev–Trinajstić information content (AvgIpc) is 3.09. The maximum Gasteiger partial charge on any atom is 0.222 e. The largest absolute Gasteiger partial charge is 0.369 e. The molecule has 6 heteroatoms. The Labute approximate surface area is 141 Å². The van der Waals surface area contributed by atoms with Crippen LogP contribution in [-0.4, -0.2) is 39.6 Å². The molecule has 24 heavy (non-hydrogen) atoms. The van der Waals surface area contributed by atoms with E-state index in [0.717, 1.165) is 11.3 Å². The van der Waals surface area contributed by atoms with Crippen molar-refractivity contribution < 1.29 is 9.59 Å². The zero-order valence-corrected chi connectivity index (χ0v) is 13.6. The van der Waals surface area contributed by atoms with Crippen molar-refractivity contribution in [2.75, 3.05) is 13.1 Å². The highest BCUT2D eigenvalue weighted by Crippen LogP contribution is 2.18. The second kappa shape index (κ2) is 7.29. The van der Waals surface area contributed by atoms with Crippen LogP contribution >= 0.6 is 0 Å². The van der Waals surface area contributed by atoms with Gasteiger partial charge in [0.25, 0.3) is 0 Å². The first kappa shape index (κ1) is 16.2. The van der Waals surface area contributed by atoms with Crippen LogP contribution in [0.5, 0.6) is 0 Å². The molecule has 2 N–H and O–H groups in total. The highest BCUT2D eigenvalue weighted by atomic mass is 16.2. The summed E-state index contributed by atoms with van der Waals surface area (Å²) in [4.78, 5) is 25.3. The van der Waals surface area contributed by atoms with Gasteiger partial charge in [-0.05, 0) is 37.0 Å². The summed E-state index contributed by atoms with van der Waals surface area (Å²) >= 11 is 0. The van der Waals surface area contributed by atoms with Crippen molar-refractivity contribution in [2.45, 2.75) is 25.7 Å². The summed E-state index contributed by atoms with van der Waals surface area (Å²) in [7, 11) is 0. The topological polar surface area (TPSA) is 81.2 Å². The molecular formula is C18H22N4O2. The lowest BCUT2D eigenvalue weighted by atomic mass is 9.96. The van der Waals surface area contributed by atoms with Crippen LogP contribution in [0.25, 0.3) is 5.69 Å². The van der Waals surface area contributed by atoms with Crippen LogP contribution in [0.4, 0.5) is 0 Å². The number of benzene rings is 1. The standard InChI is InChI=1S/C18H22N4O2/c19-18(24)15-8-10-21(11-9-15)17(23)7-6-14-12-20-22(13-14)16-4-2-1-3-5-16/h1-5,12-13,15H,6-11H2,(H2,19,24). The van der Waals surface area contributed by atoms with E-state index in [2.05, 4.69) is 5.10 Å². The van der Waals surface area contributed by atoms with Gasteiger partial charge >= 0.3 is 0 Å². The van der Waals surface area contributed by atoms with E-state index in [1.807, 2.05) is 46.1 Å². The summed E-state index contributed by atoms with van der Waals surface area (Å²) in [5.41, 5.74) is 7.37. The third-order valence-electron chi connectivity index (χ3n) is 4.53. The molecule has 2 aromatic rings. The van der Waals surface area contributed by atoms with E-state index in [-0.39, 0.29) is 17.7 Å². The Hall–Kier alpha value is -2.63. The van der Waals surface area contributed by atoms with Crippen molar-refractivity contribution in [1.82, 2.24) is 14.7 Å². The van der Waals surface area contributed by atoms with Gasteiger partial charge in [0.1, 0.15) is 0 Å². The molecule has 0 radical (unpaired) electrons. The third-order valence-corrected chi connectivity index (χ3v) is 4.53. The van der Waals surface area contributed by atoms with Crippen LogP contribution in [0.1, 0.15) is 24.8 Å². The van der Waals surface area contributed by atoms with Crippen molar-refractivity contribution >= 4 is 11.8 Å². The number of hydrogen-bond acceptors (Lipinski definition) is 3. The molecule has 0 aliphatic carbocycles. The Morgan fingerprint density at radius 3 is 2.54 bits per heavy atom. The number of para-hydroxylation sites is 1. The number of nitrogens with two attached hydrogens (primary N) is 1. The SMILES string of the molecule is NC(=O)C1CCN(C(=O)CCc2cnn(-c3ccccc3)c2)CC1. The van der Waals surface area contributed by atoms with Gasteiger partial charge in [-0.2, -0.15) is 5.10 Å². The smallest absolute Gasteiger partial charge is 0.222 e. The fraction of sp³-hybridized carbons (Fsp3) is 0.389. The Morgan fingerprint density at radius 2 is 1.88 bits per heavy atom. The zero-order valence-electron chi connectivity index (χ0n) is 13.6. The molecule has 0 atom stereocenters. The number of carbonyl (C=O) groups is 2. The van der Waals surface area contributed by atoms with Gasteiger partial charge in [0.05, 0.1) is 11.9 Å². The molecule has 2 heterocycles. The second-order valence-corrected chi connectivity index (χ2v) is 6.19. The number of hydrogen-bond donors (Lipinski definition) is 1. The van der Waals surface area contributed by atoms with Crippen molar-refractivity contribution in [3.63, 3.8) is 0 Å². The number of aryl methyl sites for hydroxylation is 1. The maximum absolute atomic E-state index is 12.3. The van der Waals surface area contributed by atoms with Crippen LogP contribution in [0, 0.1) is 5.92 Å². The van der Waals surface area contributed by atoms with E-state index in [1.54, 1.807) is 6.20 Å². The number of aromatic nitrogens is 2. The number of piperidine rings is 1. The first-order valence-corrected chi connectivity index (χ1v) is 8.29. The number of carbonyl (C=O) groups excluding carboxylic acids is 2. The van der Waals surface area contributed by atoms with Crippen LogP contribution in [0.2, 0.25) is 0 Å². The molecule has 0 saturated carbocycles. The van der Waals surface area contributed by atoms with E-state index < -0.39 is 0 Å². The van der Waals surface area contributed by atoms with Gasteiger partial charge in [-0.25, -0.2) is 4.68 Å². The summed E-state index contributed by atoms with van der Waals surface area (Å²) in [5, 5.41) is 4.35. The fourth-order valence-corrected chi connectivity index (χ4v) is 3.03. The molecule has 1 aromatic carbocycles. The molecule has 0 bridgehead atoms. The average molecular weight is 326 g/mol. The van der Waals surface area contributed by atoms with Crippen LogP contribution in [-0.2, 0) is 16.0 Å². The fourth-order valence-electron chi connectivity index (χ4n) is 3.03. The van der Waals surface area contributed by atoms with Crippen LogP contribution < -0.4 is 5.73 Å². The van der Waals surface area contributed by atoms with Gasteiger partial charge in [-0.1, -0.05) is 18.2 Å². The third kappa shape index (κ3) is 3.82. The van der Waals surface area contributed by atoms with Gasteiger partial charge in [0.2, 0.25) is 11.8 Å². The lowest BCUT2D eigenvalue weighted by molar-refractivity contribution is -0.134. The van der Waals surface area contributed by atoms with Crippen molar-refractivity contribution in [2.24, 2.45) is 11.7 Å². The summed E-state index contributed by atoms with van der Waals surface area (Å²) in [5.74, 6) is -0.209. The first-order valence-electron chi connectivity index (χ1n) is 8.29. The quantitative estimate of drug-likeness (QED) is 0.904. The predicted molar refractivity (Wildman–Crippen MR) is 90.4 cm³/mol. The molecule has 1 saturated heterocycles. The van der Waals surface area contributed by atoms with E-state index in [9.17, 15) is 9.59 Å². The van der Waals surface area contributed by atoms with E-state index in [1.165, 1.54) is 0 Å². The molecule has 126 valence electrons. The maximum atomic E-state index is 12.3. The molecule has 1 aliphatic rings. The second-order valence-electron chi connectivity index (χ2n) is 6.19. The van der Waals surface area contributed by atoms with Gasteiger partial charge in [-0.15, -0.1) is 0 Å². The summed E-state index contributed by atoms with van der Waals surface area (Å²) in [6, 6.07) is 9.88. The Kier molecular flexibility index (Phi) is 4.93. The normalized spacial score (nSPS) is 15.4. The molecular weight excluding hydrogens is 304 g/mol. The number of nitrogens with zero attached hydrogens (tertiary/aromatic N) is 3. The minimum Gasteiger partial charge on any atom is -0.369 e. The molecule has 6 nitrogen and oxygen atoms in total. The minimum absolute atomic E-state index is 0.0850. The summed E-state index contributed by atoms with van der Waals surface area (Å²) < 4.78 is 1.82. The Morgan fingerprint density at radius 1 is 1.17 bits per heavy atom. The van der Waals surface area contributed by atoms with Gasteiger partial charge in [-0.3, -0.25) is 9.59 Å². The van der Waals surface area contributed by atoms with Crippen molar-refractivity contribution in [3.05, 3.63) is 48.3 Å². The molecule has 0 spiro atoms. The van der Waals surface area contributed by atoms with Crippen LogP contribution in [0.3, 0.4) is 0 Å². The molecule has 1 fully saturated rings. The zero-order chi connectivity index (χ0) is 16.9. The van der Waals surface area contributed by atoms with E-state index >= 15 is 0 Å². The van der Waals surface area contributed by atoms with Gasteiger partial charge in [0, 0.05) is 31.6 Å². The van der Waals surface area contributed by atoms with E-state index in [4.69, 9.17) is 5.73 Å². The van der Waals surface area contributed by atoms with Gasteiger partial charge in [0.15, 0.2) is 0 Å². The Bertz CT molecular complexity index is 703. The van der Waals surface area contributed by atoms with Crippen molar-refractivity contribution in [3.8, 4) is 5.69 Å². The number of rotatable bonds is 5. The number of amides is 2. The van der Waals surface area contributed by atoms with Gasteiger partial charge < -0.3 is 10.6 Å². The van der Waals surface area contributed by atoms with Crippen LogP contribution in [0.15, 0.2) is 42.7 Å². The number of likely N-dealkylation sites (tertiary alicyclic amines) is 1. The lowest BCUT2D eigenvalue weighted by Gasteiger charge is -2.30. The molecule has 0 unspecified atom stereocenters. The molecule has 1 aromatic heterocycles. The first-order chi connectivity index (χ1) is 11.6. The molecule has 1 aliphatic heterocycles.